The molecule has 0 aromatic rings. The lowest BCUT2D eigenvalue weighted by Crippen LogP contribution is -2.29. The van der Waals surface area contributed by atoms with Gasteiger partial charge >= 0.3 is 19.8 Å². The van der Waals surface area contributed by atoms with Crippen molar-refractivity contribution in [3.63, 3.8) is 0 Å². The zero-order chi connectivity index (χ0) is 38.4. The summed E-state index contributed by atoms with van der Waals surface area (Å²) >= 11 is 0. The lowest BCUT2D eigenvalue weighted by molar-refractivity contribution is -0.161. The number of carbonyl (C=O) groups excluding carboxylic acids is 2. The minimum absolute atomic E-state index is 0.165. The van der Waals surface area contributed by atoms with Crippen molar-refractivity contribution in [1.82, 2.24) is 0 Å². The van der Waals surface area contributed by atoms with Gasteiger partial charge in [0.05, 0.1) is 12.7 Å². The SMILES string of the molecule is CCCCC/C=C\C/C=C\CCCCCCCCC(=O)O[C@H](COC(=O)CCC/C=C\C/C=C\C/C=C\C=C\[C@H](O)CCCCC)COP(=O)(O)O. The van der Waals surface area contributed by atoms with Crippen molar-refractivity contribution in [3.05, 3.63) is 72.9 Å². The molecule has 52 heavy (non-hydrogen) atoms. The molecule has 3 N–H and O–H groups in total. The summed E-state index contributed by atoms with van der Waals surface area (Å²) < 4.78 is 26.3. The van der Waals surface area contributed by atoms with Crippen LogP contribution < -0.4 is 0 Å². The van der Waals surface area contributed by atoms with Crippen molar-refractivity contribution < 1.29 is 43.0 Å². The minimum atomic E-state index is -4.78. The molecule has 0 aromatic carbocycles. The fourth-order valence-electron chi connectivity index (χ4n) is 5.03. The maximum atomic E-state index is 12.4. The van der Waals surface area contributed by atoms with Crippen molar-refractivity contribution in [1.29, 1.82) is 0 Å². The van der Waals surface area contributed by atoms with Crippen LogP contribution in [0.3, 0.4) is 0 Å². The number of esters is 2. The number of hydrogen-bond acceptors (Lipinski definition) is 7. The second-order valence-corrected chi connectivity index (χ2v) is 14.3. The van der Waals surface area contributed by atoms with Gasteiger partial charge in [0.2, 0.25) is 0 Å². The predicted octanol–water partition coefficient (Wildman–Crippen LogP) is 10.9. The van der Waals surface area contributed by atoms with E-state index >= 15 is 0 Å². The summed E-state index contributed by atoms with van der Waals surface area (Å²) in [5.41, 5.74) is 0. The van der Waals surface area contributed by atoms with E-state index in [1.54, 1.807) is 0 Å². The van der Waals surface area contributed by atoms with Gasteiger partial charge < -0.3 is 24.4 Å². The van der Waals surface area contributed by atoms with Crippen LogP contribution in [0.2, 0.25) is 0 Å². The normalized spacial score (nSPS) is 13.9. The Morgan fingerprint density at radius 2 is 1.12 bits per heavy atom. The van der Waals surface area contributed by atoms with Crippen LogP contribution in [0.1, 0.15) is 155 Å². The fourth-order valence-corrected chi connectivity index (χ4v) is 5.39. The Morgan fingerprint density at radius 3 is 1.75 bits per heavy atom. The zero-order valence-corrected chi connectivity index (χ0v) is 33.2. The molecule has 298 valence electrons. The third-order valence-corrected chi connectivity index (χ3v) is 8.54. The Balaban J connectivity index is 4.12. The molecule has 9 nitrogen and oxygen atoms in total. The van der Waals surface area contributed by atoms with Crippen molar-refractivity contribution in [2.45, 2.75) is 167 Å². The van der Waals surface area contributed by atoms with Gasteiger partial charge in [0.15, 0.2) is 6.10 Å². The van der Waals surface area contributed by atoms with Crippen molar-refractivity contribution in [2.75, 3.05) is 13.2 Å². The Labute approximate surface area is 315 Å². The van der Waals surface area contributed by atoms with E-state index in [0.29, 0.717) is 19.3 Å². The Bertz CT molecular complexity index is 1090. The van der Waals surface area contributed by atoms with Crippen LogP contribution in [0.5, 0.6) is 0 Å². The van der Waals surface area contributed by atoms with Crippen LogP contribution in [0.25, 0.3) is 0 Å². The third-order valence-electron chi connectivity index (χ3n) is 8.05. The largest absolute Gasteiger partial charge is 0.469 e. The van der Waals surface area contributed by atoms with Gasteiger partial charge in [-0.15, -0.1) is 0 Å². The van der Waals surface area contributed by atoms with Gasteiger partial charge in [0, 0.05) is 12.8 Å². The van der Waals surface area contributed by atoms with Crippen LogP contribution in [0, 0.1) is 0 Å². The molecular formula is C42H71O9P. The van der Waals surface area contributed by atoms with Crippen molar-refractivity contribution in [2.24, 2.45) is 0 Å². The van der Waals surface area contributed by atoms with Crippen LogP contribution in [-0.2, 0) is 28.2 Å². The summed E-state index contributed by atoms with van der Waals surface area (Å²) in [6.45, 7) is 3.46. The van der Waals surface area contributed by atoms with Gasteiger partial charge in [-0.2, -0.15) is 0 Å². The Hall–Kier alpha value is -2.55. The topological polar surface area (TPSA) is 140 Å². The molecule has 0 aliphatic heterocycles. The first-order valence-corrected chi connectivity index (χ1v) is 21.4. The molecule has 0 amide bonds. The number of phosphoric acid groups is 1. The molecule has 0 radical (unpaired) electrons. The highest BCUT2D eigenvalue weighted by Crippen LogP contribution is 2.36. The van der Waals surface area contributed by atoms with Crippen LogP contribution in [0.4, 0.5) is 0 Å². The molecule has 0 rings (SSSR count). The molecule has 0 bridgehead atoms. The van der Waals surface area contributed by atoms with E-state index in [-0.39, 0.29) is 25.6 Å². The van der Waals surface area contributed by atoms with E-state index in [1.165, 1.54) is 25.7 Å². The van der Waals surface area contributed by atoms with Gasteiger partial charge in [-0.05, 0) is 70.6 Å². The maximum absolute atomic E-state index is 12.4. The highest BCUT2D eigenvalue weighted by Gasteiger charge is 2.22. The minimum Gasteiger partial charge on any atom is -0.462 e. The van der Waals surface area contributed by atoms with Gasteiger partial charge in [0.25, 0.3) is 0 Å². The summed E-state index contributed by atoms with van der Waals surface area (Å²) in [4.78, 5) is 42.7. The smallest absolute Gasteiger partial charge is 0.462 e. The molecule has 0 saturated heterocycles. The number of carbonyl (C=O) groups is 2. The van der Waals surface area contributed by atoms with E-state index < -0.39 is 32.5 Å². The number of rotatable bonds is 35. The second kappa shape index (κ2) is 36.8. The quantitative estimate of drug-likeness (QED) is 0.0190. The summed E-state index contributed by atoms with van der Waals surface area (Å²) in [6.07, 6.45) is 43.8. The summed E-state index contributed by atoms with van der Waals surface area (Å²) in [5.74, 6) is -0.995. The Kier molecular flexibility index (Phi) is 35.0. The van der Waals surface area contributed by atoms with E-state index in [1.807, 2.05) is 36.5 Å². The first kappa shape index (κ1) is 49.5. The molecule has 0 saturated carbocycles. The number of hydrogen-bond donors (Lipinski definition) is 3. The average Bonchev–Trinajstić information content (AvgIpc) is 3.11. The molecule has 2 atom stereocenters. The van der Waals surface area contributed by atoms with Crippen LogP contribution in [-0.4, -0.2) is 52.3 Å². The number of aliphatic hydroxyl groups is 1. The van der Waals surface area contributed by atoms with Crippen molar-refractivity contribution in [3.8, 4) is 0 Å². The van der Waals surface area contributed by atoms with Gasteiger partial charge in [-0.1, -0.05) is 145 Å². The average molecular weight is 751 g/mol. The lowest BCUT2D eigenvalue weighted by Gasteiger charge is -2.18. The molecule has 0 fully saturated rings. The number of ether oxygens (including phenoxy) is 2. The van der Waals surface area contributed by atoms with Gasteiger partial charge in [0.1, 0.15) is 6.61 Å². The summed E-state index contributed by atoms with van der Waals surface area (Å²) in [7, 11) is -4.78. The lowest BCUT2D eigenvalue weighted by atomic mass is 10.1. The van der Waals surface area contributed by atoms with Crippen LogP contribution in [0.15, 0.2) is 72.9 Å². The third kappa shape index (κ3) is 38.7. The number of aliphatic hydroxyl groups excluding tert-OH is 1. The molecule has 0 unspecified atom stereocenters. The van der Waals surface area contributed by atoms with Crippen molar-refractivity contribution >= 4 is 19.8 Å². The highest BCUT2D eigenvalue weighted by atomic mass is 31.2. The standard InChI is InChI=1S/C42H71O9P/c1-3-5-7-8-9-10-11-12-13-14-15-18-22-25-28-32-36-42(45)51-40(38-50-52(46,47)48)37-49-41(44)35-31-27-24-21-19-16-17-20-23-26-30-34-39(43)33-29-6-4-2/h9-10,12-13,16-17,21,23-24,26,30,34,39-40,43H,3-8,11,14-15,18-20,22,25,27-29,31-33,35-38H2,1-2H3,(H2,46,47,48)/b10-9-,13-12-,17-16-,24-21-,26-23-,34-30+/t39-,40-/m1/s1. The van der Waals surface area contributed by atoms with Gasteiger partial charge in [-0.3, -0.25) is 14.1 Å². The second-order valence-electron chi connectivity index (χ2n) is 13.1. The molecule has 0 aromatic heterocycles. The monoisotopic (exact) mass is 750 g/mol. The molecule has 0 spiro atoms. The molecule has 0 aliphatic carbocycles. The van der Waals surface area contributed by atoms with Crippen LogP contribution >= 0.6 is 7.82 Å². The van der Waals surface area contributed by atoms with E-state index in [0.717, 1.165) is 83.5 Å². The molecule has 10 heteroatoms. The molecule has 0 heterocycles. The highest BCUT2D eigenvalue weighted by molar-refractivity contribution is 7.46. The first-order chi connectivity index (χ1) is 25.2. The summed E-state index contributed by atoms with van der Waals surface area (Å²) in [5, 5.41) is 9.86. The molecular weight excluding hydrogens is 679 g/mol. The first-order valence-electron chi connectivity index (χ1n) is 19.8. The van der Waals surface area contributed by atoms with E-state index in [2.05, 4.69) is 54.8 Å². The number of phosphoric ester groups is 1. The zero-order valence-electron chi connectivity index (χ0n) is 32.3. The number of unbranched alkanes of at least 4 members (excludes halogenated alkanes) is 12. The van der Waals surface area contributed by atoms with E-state index in [4.69, 9.17) is 19.3 Å². The Morgan fingerprint density at radius 1 is 0.596 bits per heavy atom. The fraction of sp³-hybridized carbons (Fsp3) is 0.667. The van der Waals surface area contributed by atoms with E-state index in [9.17, 15) is 19.3 Å². The number of allylic oxidation sites excluding steroid dienone is 11. The summed E-state index contributed by atoms with van der Waals surface area (Å²) in [6, 6.07) is 0. The maximum Gasteiger partial charge on any atom is 0.469 e. The van der Waals surface area contributed by atoms with Gasteiger partial charge in [-0.25, -0.2) is 4.57 Å². The molecule has 0 aliphatic rings. The predicted molar refractivity (Wildman–Crippen MR) is 213 cm³/mol.